The second-order valence-corrected chi connectivity index (χ2v) is 5.08. The Morgan fingerprint density at radius 2 is 1.84 bits per heavy atom. The third-order valence-corrected chi connectivity index (χ3v) is 3.28. The zero-order chi connectivity index (χ0) is 18.1. The van der Waals surface area contributed by atoms with Gasteiger partial charge in [0.15, 0.2) is 0 Å². The molecule has 2 aromatic rings. The van der Waals surface area contributed by atoms with Gasteiger partial charge in [0.2, 0.25) is 0 Å². The molecule has 0 bridgehead atoms. The van der Waals surface area contributed by atoms with E-state index in [0.29, 0.717) is 30.2 Å². The van der Waals surface area contributed by atoms with E-state index in [9.17, 15) is 9.59 Å². The lowest BCUT2D eigenvalue weighted by Gasteiger charge is -2.07. The van der Waals surface area contributed by atoms with Gasteiger partial charge in [-0.05, 0) is 30.7 Å². The van der Waals surface area contributed by atoms with Crippen molar-refractivity contribution in [1.29, 1.82) is 0 Å². The highest BCUT2D eigenvalue weighted by Gasteiger charge is 2.10. The van der Waals surface area contributed by atoms with E-state index in [2.05, 4.69) is 25.3 Å². The van der Waals surface area contributed by atoms with Gasteiger partial charge in [-0.15, -0.1) is 0 Å². The molecule has 0 atom stereocenters. The van der Waals surface area contributed by atoms with Crippen LogP contribution in [0, 0.1) is 0 Å². The third-order valence-electron chi connectivity index (χ3n) is 3.28. The smallest absolute Gasteiger partial charge is 0.337 e. The molecule has 0 aliphatic heterocycles. The second kappa shape index (κ2) is 9.33. The second-order valence-electron chi connectivity index (χ2n) is 5.08. The molecule has 0 unspecified atom stereocenters. The lowest BCUT2D eigenvalue weighted by Crippen LogP contribution is -2.15. The summed E-state index contributed by atoms with van der Waals surface area (Å²) in [4.78, 5) is 31.8. The summed E-state index contributed by atoms with van der Waals surface area (Å²) in [6.45, 7) is 1.37. The van der Waals surface area contributed by atoms with Crippen LogP contribution in [-0.2, 0) is 9.47 Å². The van der Waals surface area contributed by atoms with Gasteiger partial charge >= 0.3 is 5.97 Å². The van der Waals surface area contributed by atoms with E-state index in [-0.39, 0.29) is 11.6 Å². The SMILES string of the molecule is COCCCNc1cnc(C(=O)Nc2ccc(C(=O)OC)cc2)cn1. The van der Waals surface area contributed by atoms with Gasteiger partial charge in [-0.25, -0.2) is 14.8 Å². The lowest BCUT2D eigenvalue weighted by atomic mass is 10.2. The van der Waals surface area contributed by atoms with Crippen molar-refractivity contribution >= 4 is 23.4 Å². The van der Waals surface area contributed by atoms with Crippen molar-refractivity contribution in [3.63, 3.8) is 0 Å². The minimum atomic E-state index is -0.433. The predicted molar refractivity (Wildman–Crippen MR) is 92.7 cm³/mol. The maximum absolute atomic E-state index is 12.2. The minimum Gasteiger partial charge on any atom is -0.465 e. The molecular weight excluding hydrogens is 324 g/mol. The average molecular weight is 344 g/mol. The van der Waals surface area contributed by atoms with E-state index in [1.54, 1.807) is 31.4 Å². The molecule has 0 saturated carbocycles. The maximum atomic E-state index is 12.2. The van der Waals surface area contributed by atoms with Gasteiger partial charge in [0.1, 0.15) is 11.5 Å². The Balaban J connectivity index is 1.91. The number of carbonyl (C=O) groups excluding carboxylic acids is 2. The zero-order valence-electron chi connectivity index (χ0n) is 14.1. The molecule has 132 valence electrons. The summed E-state index contributed by atoms with van der Waals surface area (Å²) >= 11 is 0. The number of nitrogens with one attached hydrogen (secondary N) is 2. The Labute approximate surface area is 145 Å². The fourth-order valence-corrected chi connectivity index (χ4v) is 1.97. The van der Waals surface area contributed by atoms with E-state index < -0.39 is 5.97 Å². The average Bonchev–Trinajstić information content (AvgIpc) is 2.65. The number of aromatic nitrogens is 2. The van der Waals surface area contributed by atoms with Gasteiger partial charge in [0.05, 0.1) is 25.1 Å². The van der Waals surface area contributed by atoms with Gasteiger partial charge in [-0.3, -0.25) is 4.79 Å². The number of carbonyl (C=O) groups is 2. The number of hydrogen-bond acceptors (Lipinski definition) is 7. The van der Waals surface area contributed by atoms with Gasteiger partial charge in [0, 0.05) is 25.9 Å². The van der Waals surface area contributed by atoms with Crippen LogP contribution in [0.3, 0.4) is 0 Å². The van der Waals surface area contributed by atoms with Gasteiger partial charge in [0.25, 0.3) is 5.91 Å². The van der Waals surface area contributed by atoms with Crippen LogP contribution in [0.15, 0.2) is 36.7 Å². The predicted octanol–water partition coefficient (Wildman–Crippen LogP) is 1.96. The number of hydrogen-bond donors (Lipinski definition) is 2. The number of rotatable bonds is 8. The molecule has 0 saturated heterocycles. The van der Waals surface area contributed by atoms with E-state index in [4.69, 9.17) is 4.74 Å². The molecule has 25 heavy (non-hydrogen) atoms. The van der Waals surface area contributed by atoms with Crippen molar-refractivity contribution < 1.29 is 19.1 Å². The van der Waals surface area contributed by atoms with Crippen LogP contribution in [0.25, 0.3) is 0 Å². The molecule has 2 N–H and O–H groups in total. The van der Waals surface area contributed by atoms with E-state index in [0.717, 1.165) is 6.42 Å². The van der Waals surface area contributed by atoms with Crippen molar-refractivity contribution in [3.8, 4) is 0 Å². The van der Waals surface area contributed by atoms with Crippen LogP contribution in [0.4, 0.5) is 11.5 Å². The molecule has 1 aromatic heterocycles. The molecular formula is C17H20N4O4. The normalized spacial score (nSPS) is 10.2. The molecule has 1 amide bonds. The fourth-order valence-electron chi connectivity index (χ4n) is 1.97. The fraction of sp³-hybridized carbons (Fsp3) is 0.294. The van der Waals surface area contributed by atoms with Crippen LogP contribution in [0.1, 0.15) is 27.3 Å². The Kier molecular flexibility index (Phi) is 6.85. The number of nitrogens with zero attached hydrogens (tertiary/aromatic N) is 2. The molecule has 1 heterocycles. The number of esters is 1. The summed E-state index contributed by atoms with van der Waals surface area (Å²) in [5, 5.41) is 5.78. The van der Waals surface area contributed by atoms with Crippen molar-refractivity contribution in [3.05, 3.63) is 47.9 Å². The van der Waals surface area contributed by atoms with Crippen molar-refractivity contribution in [2.24, 2.45) is 0 Å². The highest BCUT2D eigenvalue weighted by atomic mass is 16.5. The summed E-state index contributed by atoms with van der Waals surface area (Å²) in [7, 11) is 2.96. The van der Waals surface area contributed by atoms with Crippen LogP contribution in [0.2, 0.25) is 0 Å². The van der Waals surface area contributed by atoms with Gasteiger partial charge in [-0.2, -0.15) is 0 Å². The molecule has 0 radical (unpaired) electrons. The molecule has 1 aromatic carbocycles. The quantitative estimate of drug-likeness (QED) is 0.557. The first-order valence-electron chi connectivity index (χ1n) is 7.68. The summed E-state index contributed by atoms with van der Waals surface area (Å²) < 4.78 is 9.58. The third kappa shape index (κ3) is 5.54. The van der Waals surface area contributed by atoms with Gasteiger partial charge in [-0.1, -0.05) is 0 Å². The Morgan fingerprint density at radius 1 is 1.08 bits per heavy atom. The molecule has 8 heteroatoms. The lowest BCUT2D eigenvalue weighted by molar-refractivity contribution is 0.0600. The first kappa shape index (κ1) is 18.3. The first-order chi connectivity index (χ1) is 12.1. The van der Waals surface area contributed by atoms with Crippen LogP contribution < -0.4 is 10.6 Å². The molecule has 2 rings (SSSR count). The topological polar surface area (TPSA) is 102 Å². The highest BCUT2D eigenvalue weighted by molar-refractivity contribution is 6.03. The monoisotopic (exact) mass is 344 g/mol. The molecule has 0 aliphatic carbocycles. The van der Waals surface area contributed by atoms with E-state index >= 15 is 0 Å². The first-order valence-corrected chi connectivity index (χ1v) is 7.68. The molecule has 0 spiro atoms. The summed E-state index contributed by atoms with van der Waals surface area (Å²) in [6.07, 6.45) is 3.75. The van der Waals surface area contributed by atoms with E-state index in [1.807, 2.05) is 0 Å². The standard InChI is InChI=1S/C17H20N4O4/c1-24-9-3-8-18-15-11-19-14(10-20-15)16(22)21-13-6-4-12(5-7-13)17(23)25-2/h4-7,10-11H,3,8-9H2,1-2H3,(H,18,20)(H,21,22). The van der Waals surface area contributed by atoms with Crippen LogP contribution >= 0.6 is 0 Å². The minimum absolute atomic E-state index is 0.194. The Morgan fingerprint density at radius 3 is 2.44 bits per heavy atom. The highest BCUT2D eigenvalue weighted by Crippen LogP contribution is 2.12. The number of ether oxygens (including phenoxy) is 2. The molecule has 0 aliphatic rings. The van der Waals surface area contributed by atoms with Crippen molar-refractivity contribution in [2.75, 3.05) is 38.0 Å². The maximum Gasteiger partial charge on any atom is 0.337 e. The van der Waals surface area contributed by atoms with E-state index in [1.165, 1.54) is 19.5 Å². The number of benzene rings is 1. The summed E-state index contributed by atoms with van der Waals surface area (Å²) in [5.41, 5.74) is 1.14. The summed E-state index contributed by atoms with van der Waals surface area (Å²) in [5.74, 6) is -0.225. The number of amides is 1. The number of methoxy groups -OCH3 is 2. The molecule has 8 nitrogen and oxygen atoms in total. The van der Waals surface area contributed by atoms with Crippen molar-refractivity contribution in [1.82, 2.24) is 9.97 Å². The van der Waals surface area contributed by atoms with Crippen molar-refractivity contribution in [2.45, 2.75) is 6.42 Å². The Bertz CT molecular complexity index is 702. The van der Waals surface area contributed by atoms with Crippen LogP contribution in [0.5, 0.6) is 0 Å². The van der Waals surface area contributed by atoms with Crippen LogP contribution in [-0.4, -0.2) is 49.2 Å². The Hall–Kier alpha value is -3.00. The van der Waals surface area contributed by atoms with Gasteiger partial charge < -0.3 is 20.1 Å². The summed E-state index contributed by atoms with van der Waals surface area (Å²) in [6, 6.07) is 6.37. The zero-order valence-corrected chi connectivity index (χ0v) is 14.1. The largest absolute Gasteiger partial charge is 0.465 e. The number of anilines is 2. The molecule has 0 fully saturated rings.